The molecule has 1 amide bonds. The summed E-state index contributed by atoms with van der Waals surface area (Å²) in [7, 11) is -1.50. The number of carbonyl (C=O) groups is 1. The Balaban J connectivity index is 1.72. The van der Waals surface area contributed by atoms with Crippen LogP contribution in [-0.4, -0.2) is 51.9 Å². The summed E-state index contributed by atoms with van der Waals surface area (Å²) in [5, 5.41) is 2.57. The molecule has 2 aromatic rings. The Bertz CT molecular complexity index is 892. The number of halogens is 1. The quantitative estimate of drug-likeness (QED) is 0.819. The van der Waals surface area contributed by atoms with Crippen molar-refractivity contribution in [2.45, 2.75) is 4.90 Å². The zero-order valence-electron chi connectivity index (χ0n) is 14.4. The van der Waals surface area contributed by atoms with Crippen LogP contribution in [0.1, 0.15) is 10.4 Å². The molecule has 1 fully saturated rings. The minimum absolute atomic E-state index is 0.0656. The van der Waals surface area contributed by atoms with Crippen molar-refractivity contribution < 1.29 is 22.5 Å². The zero-order chi connectivity index (χ0) is 18.7. The summed E-state index contributed by atoms with van der Waals surface area (Å²) in [4.78, 5) is 13.6. The molecule has 0 bridgehead atoms. The van der Waals surface area contributed by atoms with Crippen LogP contribution in [0.2, 0.25) is 0 Å². The SMILES string of the molecule is C[NH+]1CCN(S(=O)(=O)c2ccc(NC(=O)c3ccccc3F)cc2)CC1. The van der Waals surface area contributed by atoms with E-state index in [1.807, 2.05) is 7.05 Å². The molecule has 2 aromatic carbocycles. The minimum atomic E-state index is -3.54. The molecule has 0 aliphatic carbocycles. The van der Waals surface area contributed by atoms with Crippen molar-refractivity contribution in [2.75, 3.05) is 38.5 Å². The average molecular weight is 378 g/mol. The third-order valence-corrected chi connectivity index (χ3v) is 6.36. The van der Waals surface area contributed by atoms with E-state index < -0.39 is 21.7 Å². The molecule has 26 heavy (non-hydrogen) atoms. The number of amides is 1. The molecule has 2 N–H and O–H groups in total. The van der Waals surface area contributed by atoms with Gasteiger partial charge in [0.1, 0.15) is 5.82 Å². The van der Waals surface area contributed by atoms with E-state index in [4.69, 9.17) is 0 Å². The topological polar surface area (TPSA) is 70.9 Å². The van der Waals surface area contributed by atoms with Crippen LogP contribution in [0, 0.1) is 5.82 Å². The maximum Gasteiger partial charge on any atom is 0.258 e. The van der Waals surface area contributed by atoms with Crippen LogP contribution < -0.4 is 10.2 Å². The van der Waals surface area contributed by atoms with E-state index in [2.05, 4.69) is 5.32 Å². The van der Waals surface area contributed by atoms with Crippen molar-refractivity contribution in [3.05, 3.63) is 59.9 Å². The van der Waals surface area contributed by atoms with E-state index in [9.17, 15) is 17.6 Å². The average Bonchev–Trinajstić information content (AvgIpc) is 2.63. The lowest BCUT2D eigenvalue weighted by atomic mass is 10.2. The number of anilines is 1. The highest BCUT2D eigenvalue weighted by atomic mass is 32.2. The lowest BCUT2D eigenvalue weighted by molar-refractivity contribution is -0.883. The van der Waals surface area contributed by atoms with Crippen LogP contribution in [-0.2, 0) is 10.0 Å². The first kappa shape index (κ1) is 18.5. The summed E-state index contributed by atoms with van der Waals surface area (Å²) in [5.74, 6) is -1.19. The van der Waals surface area contributed by atoms with E-state index in [0.29, 0.717) is 18.8 Å². The molecule has 1 heterocycles. The zero-order valence-corrected chi connectivity index (χ0v) is 15.2. The number of likely N-dealkylation sites (N-methyl/N-ethyl adjacent to an activating group) is 1. The standard InChI is InChI=1S/C18H20FN3O3S/c1-21-10-12-22(13-11-21)26(24,25)15-8-6-14(7-9-15)20-18(23)16-4-2-3-5-17(16)19/h2-9H,10-13H2,1H3,(H,20,23)/p+1. The summed E-state index contributed by atoms with van der Waals surface area (Å²) >= 11 is 0. The maximum atomic E-state index is 13.6. The highest BCUT2D eigenvalue weighted by molar-refractivity contribution is 7.89. The van der Waals surface area contributed by atoms with Gasteiger partial charge in [-0.3, -0.25) is 4.79 Å². The van der Waals surface area contributed by atoms with E-state index >= 15 is 0 Å². The number of piperazine rings is 1. The van der Waals surface area contributed by atoms with Gasteiger partial charge in [0.2, 0.25) is 10.0 Å². The Morgan fingerprint density at radius 1 is 1.08 bits per heavy atom. The first-order chi connectivity index (χ1) is 12.4. The molecule has 8 heteroatoms. The molecule has 1 aliphatic rings. The predicted molar refractivity (Wildman–Crippen MR) is 96.2 cm³/mol. The van der Waals surface area contributed by atoms with Crippen molar-refractivity contribution >= 4 is 21.6 Å². The Kier molecular flexibility index (Phi) is 5.36. The van der Waals surface area contributed by atoms with Gasteiger partial charge < -0.3 is 10.2 Å². The number of hydrogen-bond donors (Lipinski definition) is 2. The van der Waals surface area contributed by atoms with Gasteiger partial charge in [0.05, 0.1) is 43.7 Å². The maximum absolute atomic E-state index is 13.6. The minimum Gasteiger partial charge on any atom is -0.335 e. The molecule has 0 unspecified atom stereocenters. The summed E-state index contributed by atoms with van der Waals surface area (Å²) in [6.07, 6.45) is 0. The van der Waals surface area contributed by atoms with Gasteiger partial charge in [0, 0.05) is 5.69 Å². The molecule has 0 spiro atoms. The normalized spacial score (nSPS) is 16.4. The highest BCUT2D eigenvalue weighted by Crippen LogP contribution is 2.19. The Morgan fingerprint density at radius 3 is 2.31 bits per heavy atom. The van der Waals surface area contributed by atoms with Gasteiger partial charge in [-0.1, -0.05) is 12.1 Å². The van der Waals surface area contributed by atoms with Crippen molar-refractivity contribution in [1.82, 2.24) is 4.31 Å². The molecule has 0 saturated carbocycles. The first-order valence-corrected chi connectivity index (χ1v) is 9.79. The Hall–Kier alpha value is -2.29. The van der Waals surface area contributed by atoms with Crippen molar-refractivity contribution in [2.24, 2.45) is 0 Å². The van der Waals surface area contributed by atoms with E-state index in [-0.39, 0.29) is 10.5 Å². The van der Waals surface area contributed by atoms with Gasteiger partial charge in [-0.05, 0) is 36.4 Å². The van der Waals surface area contributed by atoms with Crippen LogP contribution in [0.25, 0.3) is 0 Å². The lowest BCUT2D eigenvalue weighted by Crippen LogP contribution is -3.12. The third-order valence-electron chi connectivity index (χ3n) is 4.44. The number of hydrogen-bond acceptors (Lipinski definition) is 3. The first-order valence-electron chi connectivity index (χ1n) is 8.35. The molecule has 1 saturated heterocycles. The van der Waals surface area contributed by atoms with E-state index in [0.717, 1.165) is 13.1 Å². The monoisotopic (exact) mass is 378 g/mol. The van der Waals surface area contributed by atoms with Crippen molar-refractivity contribution in [3.8, 4) is 0 Å². The fourth-order valence-corrected chi connectivity index (χ4v) is 4.25. The van der Waals surface area contributed by atoms with Crippen molar-refractivity contribution in [1.29, 1.82) is 0 Å². The van der Waals surface area contributed by atoms with Crippen LogP contribution in [0.3, 0.4) is 0 Å². The number of carbonyl (C=O) groups excluding carboxylic acids is 1. The second-order valence-corrected chi connectivity index (χ2v) is 8.26. The van der Waals surface area contributed by atoms with Gasteiger partial charge in [0.15, 0.2) is 0 Å². The number of quaternary nitrogens is 1. The predicted octanol–water partition coefficient (Wildman–Crippen LogP) is 0.597. The van der Waals surface area contributed by atoms with Gasteiger partial charge in [-0.15, -0.1) is 0 Å². The van der Waals surface area contributed by atoms with Gasteiger partial charge in [-0.25, -0.2) is 12.8 Å². The summed E-state index contributed by atoms with van der Waals surface area (Å²) < 4.78 is 40.5. The summed E-state index contributed by atoms with van der Waals surface area (Å²) in [5.41, 5.74) is 0.337. The van der Waals surface area contributed by atoms with Crippen LogP contribution in [0.5, 0.6) is 0 Å². The molecular weight excluding hydrogens is 357 g/mol. The fraction of sp³-hybridized carbons (Fsp3) is 0.278. The Labute approximate surface area is 152 Å². The van der Waals surface area contributed by atoms with Crippen LogP contribution in [0.4, 0.5) is 10.1 Å². The smallest absolute Gasteiger partial charge is 0.258 e. The van der Waals surface area contributed by atoms with Crippen molar-refractivity contribution in [3.63, 3.8) is 0 Å². The Morgan fingerprint density at radius 2 is 1.69 bits per heavy atom. The fourth-order valence-electron chi connectivity index (χ4n) is 2.81. The highest BCUT2D eigenvalue weighted by Gasteiger charge is 2.29. The molecule has 6 nitrogen and oxygen atoms in total. The van der Waals surface area contributed by atoms with Gasteiger partial charge >= 0.3 is 0 Å². The number of sulfonamides is 1. The van der Waals surface area contributed by atoms with Gasteiger partial charge in [0.25, 0.3) is 5.91 Å². The number of nitrogens with zero attached hydrogens (tertiary/aromatic N) is 1. The molecule has 0 radical (unpaired) electrons. The third kappa shape index (κ3) is 3.92. The molecule has 0 aromatic heterocycles. The van der Waals surface area contributed by atoms with Gasteiger partial charge in [-0.2, -0.15) is 4.31 Å². The molecule has 138 valence electrons. The molecule has 0 atom stereocenters. The van der Waals surface area contributed by atoms with Crippen LogP contribution >= 0.6 is 0 Å². The summed E-state index contributed by atoms with van der Waals surface area (Å²) in [6.45, 7) is 2.52. The number of nitrogens with one attached hydrogen (secondary N) is 2. The van der Waals surface area contributed by atoms with E-state index in [1.165, 1.54) is 51.7 Å². The second-order valence-electron chi connectivity index (χ2n) is 6.32. The lowest BCUT2D eigenvalue weighted by Gasteiger charge is -2.29. The largest absolute Gasteiger partial charge is 0.335 e. The second kappa shape index (κ2) is 7.53. The molecular formula is C18H21FN3O3S+. The van der Waals surface area contributed by atoms with E-state index in [1.54, 1.807) is 6.07 Å². The number of benzene rings is 2. The molecule has 1 aliphatic heterocycles. The van der Waals surface area contributed by atoms with Crippen LogP contribution in [0.15, 0.2) is 53.4 Å². The summed E-state index contributed by atoms with van der Waals surface area (Å²) in [6, 6.07) is 11.6. The number of rotatable bonds is 4. The molecule has 3 rings (SSSR count).